The van der Waals surface area contributed by atoms with Crippen molar-refractivity contribution in [2.75, 3.05) is 0 Å². The molecule has 0 saturated carbocycles. The Morgan fingerprint density at radius 1 is 1.10 bits per heavy atom. The fourth-order valence-electron chi connectivity index (χ4n) is 2.04. The van der Waals surface area contributed by atoms with Crippen LogP contribution >= 0.6 is 0 Å². The largest absolute Gasteiger partial charge is 0.481 e. The van der Waals surface area contributed by atoms with Gasteiger partial charge in [0.05, 0.1) is 5.41 Å². The van der Waals surface area contributed by atoms with Gasteiger partial charge in [0.25, 0.3) is 0 Å². The van der Waals surface area contributed by atoms with Gasteiger partial charge in [0.2, 0.25) is 5.76 Å². The van der Waals surface area contributed by atoms with E-state index in [4.69, 9.17) is 9.52 Å². The average Bonchev–Trinajstić information content (AvgIpc) is 2.88. The van der Waals surface area contributed by atoms with Crippen LogP contribution in [0.4, 0.5) is 0 Å². The maximum Gasteiger partial charge on any atom is 0.371 e. The van der Waals surface area contributed by atoms with E-state index in [9.17, 15) is 14.7 Å². The molecule has 5 nitrogen and oxygen atoms in total. The summed E-state index contributed by atoms with van der Waals surface area (Å²) in [7, 11) is 0. The SMILES string of the molecule is CC(Cc1ccc(C(=O)O)o1)(C(=O)O)c1ccccc1. The van der Waals surface area contributed by atoms with Crippen LogP contribution in [-0.2, 0) is 16.6 Å². The Morgan fingerprint density at radius 3 is 2.25 bits per heavy atom. The lowest BCUT2D eigenvalue weighted by atomic mass is 9.79. The first-order valence-electron chi connectivity index (χ1n) is 6.04. The predicted octanol–water partition coefficient (Wildman–Crippen LogP) is 2.56. The summed E-state index contributed by atoms with van der Waals surface area (Å²) in [6.07, 6.45) is 0.0830. The zero-order chi connectivity index (χ0) is 14.8. The minimum absolute atomic E-state index is 0.0830. The highest BCUT2D eigenvalue weighted by Gasteiger charge is 2.36. The van der Waals surface area contributed by atoms with Crippen molar-refractivity contribution < 1.29 is 24.2 Å². The summed E-state index contributed by atoms with van der Waals surface area (Å²) in [5.41, 5.74) is -0.532. The molecule has 20 heavy (non-hydrogen) atoms. The molecule has 0 saturated heterocycles. The number of hydrogen-bond acceptors (Lipinski definition) is 3. The highest BCUT2D eigenvalue weighted by atomic mass is 16.4. The summed E-state index contributed by atoms with van der Waals surface area (Å²) in [5.74, 6) is -2.03. The Bertz CT molecular complexity index is 629. The molecule has 0 spiro atoms. The lowest BCUT2D eigenvalue weighted by Crippen LogP contribution is -2.34. The molecule has 0 aliphatic rings. The zero-order valence-corrected chi connectivity index (χ0v) is 10.9. The number of aromatic carboxylic acids is 1. The van der Waals surface area contributed by atoms with E-state index in [0.29, 0.717) is 11.3 Å². The third kappa shape index (κ3) is 2.56. The molecule has 2 rings (SSSR count). The molecule has 104 valence electrons. The summed E-state index contributed by atoms with van der Waals surface area (Å²) in [5, 5.41) is 18.3. The van der Waals surface area contributed by atoms with Crippen LogP contribution in [-0.4, -0.2) is 22.2 Å². The van der Waals surface area contributed by atoms with Gasteiger partial charge in [-0.25, -0.2) is 4.79 Å². The van der Waals surface area contributed by atoms with Crippen LogP contribution in [0, 0.1) is 0 Å². The van der Waals surface area contributed by atoms with Crippen LogP contribution in [0.15, 0.2) is 46.9 Å². The van der Waals surface area contributed by atoms with Crippen molar-refractivity contribution in [2.45, 2.75) is 18.8 Å². The average molecular weight is 274 g/mol. The van der Waals surface area contributed by atoms with Gasteiger partial charge in [-0.05, 0) is 24.6 Å². The Kier molecular flexibility index (Phi) is 3.61. The van der Waals surface area contributed by atoms with E-state index in [1.54, 1.807) is 37.3 Å². The molecule has 1 heterocycles. The van der Waals surface area contributed by atoms with Gasteiger partial charge in [0.15, 0.2) is 0 Å². The normalized spacial score (nSPS) is 13.7. The predicted molar refractivity (Wildman–Crippen MR) is 70.8 cm³/mol. The number of carbonyl (C=O) groups is 2. The summed E-state index contributed by atoms with van der Waals surface area (Å²) < 4.78 is 5.15. The van der Waals surface area contributed by atoms with Gasteiger partial charge >= 0.3 is 11.9 Å². The molecule has 1 unspecified atom stereocenters. The molecule has 1 aromatic carbocycles. The monoisotopic (exact) mass is 274 g/mol. The van der Waals surface area contributed by atoms with E-state index in [0.717, 1.165) is 0 Å². The van der Waals surface area contributed by atoms with Crippen molar-refractivity contribution in [3.8, 4) is 0 Å². The number of aliphatic carboxylic acids is 1. The molecular formula is C15H14O5. The maximum atomic E-state index is 11.6. The van der Waals surface area contributed by atoms with Crippen LogP contribution in [0.2, 0.25) is 0 Å². The Balaban J connectivity index is 2.34. The second kappa shape index (κ2) is 5.21. The second-order valence-electron chi connectivity index (χ2n) is 4.75. The number of carboxylic acids is 2. The van der Waals surface area contributed by atoms with Crippen molar-refractivity contribution in [1.82, 2.24) is 0 Å². The molecule has 0 radical (unpaired) electrons. The van der Waals surface area contributed by atoms with E-state index in [2.05, 4.69) is 0 Å². The summed E-state index contributed by atoms with van der Waals surface area (Å²) in [6, 6.07) is 11.6. The van der Waals surface area contributed by atoms with Crippen molar-refractivity contribution >= 4 is 11.9 Å². The first-order valence-corrected chi connectivity index (χ1v) is 6.04. The van der Waals surface area contributed by atoms with Crippen LogP contribution in [0.3, 0.4) is 0 Å². The van der Waals surface area contributed by atoms with Gasteiger partial charge in [0.1, 0.15) is 5.76 Å². The molecule has 0 aliphatic carbocycles. The van der Waals surface area contributed by atoms with E-state index in [1.807, 2.05) is 0 Å². The second-order valence-corrected chi connectivity index (χ2v) is 4.75. The molecule has 1 aromatic heterocycles. The quantitative estimate of drug-likeness (QED) is 0.874. The Hall–Kier alpha value is -2.56. The van der Waals surface area contributed by atoms with Gasteiger partial charge in [0, 0.05) is 6.42 Å². The lowest BCUT2D eigenvalue weighted by Gasteiger charge is -2.24. The van der Waals surface area contributed by atoms with E-state index >= 15 is 0 Å². The summed E-state index contributed by atoms with van der Waals surface area (Å²) in [6.45, 7) is 1.59. The van der Waals surface area contributed by atoms with Crippen LogP contribution in [0.25, 0.3) is 0 Å². The lowest BCUT2D eigenvalue weighted by molar-refractivity contribution is -0.143. The summed E-state index contributed by atoms with van der Waals surface area (Å²) in [4.78, 5) is 22.4. The Labute approximate surface area is 115 Å². The highest BCUT2D eigenvalue weighted by molar-refractivity contribution is 5.84. The van der Waals surface area contributed by atoms with Gasteiger partial charge in [-0.3, -0.25) is 4.79 Å². The maximum absolute atomic E-state index is 11.6. The standard InChI is InChI=1S/C15H14O5/c1-15(14(18)19,10-5-3-2-4-6-10)9-11-7-8-12(20-11)13(16)17/h2-8H,9H2,1H3,(H,16,17)(H,18,19). The number of benzene rings is 1. The zero-order valence-electron chi connectivity index (χ0n) is 10.9. The minimum Gasteiger partial charge on any atom is -0.481 e. The van der Waals surface area contributed by atoms with Gasteiger partial charge in [-0.15, -0.1) is 0 Å². The van der Waals surface area contributed by atoms with Gasteiger partial charge in [-0.1, -0.05) is 30.3 Å². The highest BCUT2D eigenvalue weighted by Crippen LogP contribution is 2.29. The van der Waals surface area contributed by atoms with Crippen molar-refractivity contribution in [3.63, 3.8) is 0 Å². The van der Waals surface area contributed by atoms with Crippen LogP contribution < -0.4 is 0 Å². The topological polar surface area (TPSA) is 87.7 Å². The first-order chi connectivity index (χ1) is 9.43. The molecule has 0 fully saturated rings. The molecule has 1 atom stereocenters. The first kappa shape index (κ1) is 13.9. The fraction of sp³-hybridized carbons (Fsp3) is 0.200. The molecule has 2 N–H and O–H groups in total. The van der Waals surface area contributed by atoms with E-state index < -0.39 is 17.4 Å². The smallest absolute Gasteiger partial charge is 0.371 e. The molecule has 0 bridgehead atoms. The number of rotatable bonds is 5. The molecule has 2 aromatic rings. The van der Waals surface area contributed by atoms with Crippen LogP contribution in [0.5, 0.6) is 0 Å². The van der Waals surface area contributed by atoms with Gasteiger partial charge < -0.3 is 14.6 Å². The summed E-state index contributed by atoms with van der Waals surface area (Å²) >= 11 is 0. The van der Waals surface area contributed by atoms with Crippen LogP contribution in [0.1, 0.15) is 28.8 Å². The molecular weight excluding hydrogens is 260 g/mol. The van der Waals surface area contributed by atoms with Crippen molar-refractivity contribution in [3.05, 3.63) is 59.5 Å². The third-order valence-electron chi connectivity index (χ3n) is 3.28. The molecule has 0 aliphatic heterocycles. The van der Waals surface area contributed by atoms with Crippen molar-refractivity contribution in [2.24, 2.45) is 0 Å². The number of carboxylic acid groups (broad SMARTS) is 2. The van der Waals surface area contributed by atoms with Gasteiger partial charge in [-0.2, -0.15) is 0 Å². The number of furan rings is 1. The fourth-order valence-corrected chi connectivity index (χ4v) is 2.04. The minimum atomic E-state index is -1.17. The van der Waals surface area contributed by atoms with E-state index in [1.165, 1.54) is 12.1 Å². The molecule has 0 amide bonds. The Morgan fingerprint density at radius 2 is 1.75 bits per heavy atom. The van der Waals surface area contributed by atoms with E-state index in [-0.39, 0.29) is 12.2 Å². The third-order valence-corrected chi connectivity index (χ3v) is 3.28. The molecule has 5 heteroatoms. The van der Waals surface area contributed by atoms with Crippen molar-refractivity contribution in [1.29, 1.82) is 0 Å². The number of hydrogen-bond donors (Lipinski definition) is 2.